The Kier molecular flexibility index (Phi) is 3.06. The Morgan fingerprint density at radius 1 is 1.45 bits per heavy atom. The minimum atomic E-state index is -0.393. The highest BCUT2D eigenvalue weighted by Gasteiger charge is 2.31. The summed E-state index contributed by atoms with van der Waals surface area (Å²) in [6.45, 7) is 4.12. The van der Waals surface area contributed by atoms with Crippen molar-refractivity contribution in [3.63, 3.8) is 0 Å². The number of nitrogens with zero attached hydrogens (tertiary/aromatic N) is 3. The fraction of sp³-hybridized carbons (Fsp3) is 0.375. The molecule has 1 saturated carbocycles. The summed E-state index contributed by atoms with van der Waals surface area (Å²) in [7, 11) is 0. The van der Waals surface area contributed by atoms with Gasteiger partial charge in [-0.2, -0.15) is 5.26 Å². The average molecular weight is 269 g/mol. The lowest BCUT2D eigenvalue weighted by Crippen LogP contribution is -2.08. The number of aryl methyl sites for hydroxylation is 1. The van der Waals surface area contributed by atoms with Gasteiger partial charge in [0.25, 0.3) is 0 Å². The highest BCUT2D eigenvalue weighted by molar-refractivity contribution is 5.65. The highest BCUT2D eigenvalue weighted by atomic mass is 19.1. The molecule has 0 bridgehead atoms. The van der Waals surface area contributed by atoms with E-state index in [1.165, 1.54) is 25.0 Å². The van der Waals surface area contributed by atoms with E-state index in [1.807, 2.05) is 13.1 Å². The molecule has 2 aromatic rings. The van der Waals surface area contributed by atoms with Crippen molar-refractivity contribution in [3.8, 4) is 17.5 Å². The number of halogens is 1. The third kappa shape index (κ3) is 2.20. The van der Waals surface area contributed by atoms with Crippen LogP contribution < -0.4 is 0 Å². The molecule has 1 aliphatic carbocycles. The van der Waals surface area contributed by atoms with Gasteiger partial charge in [0.05, 0.1) is 17.3 Å². The maximum atomic E-state index is 13.3. The molecule has 1 fully saturated rings. The van der Waals surface area contributed by atoms with Crippen LogP contribution in [0, 0.1) is 30.0 Å². The molecule has 20 heavy (non-hydrogen) atoms. The van der Waals surface area contributed by atoms with Gasteiger partial charge in [0.1, 0.15) is 11.6 Å². The molecular formula is C16H16FN3. The van der Waals surface area contributed by atoms with Crippen LogP contribution in [0.25, 0.3) is 11.4 Å². The summed E-state index contributed by atoms with van der Waals surface area (Å²) in [6.07, 6.45) is 4.50. The third-order valence-electron chi connectivity index (χ3n) is 3.94. The molecular weight excluding hydrogens is 253 g/mol. The number of hydrogen-bond donors (Lipinski definition) is 0. The van der Waals surface area contributed by atoms with Gasteiger partial charge in [-0.1, -0.05) is 0 Å². The minimum absolute atomic E-state index is 0.333. The van der Waals surface area contributed by atoms with E-state index in [2.05, 4.69) is 22.5 Å². The van der Waals surface area contributed by atoms with E-state index in [0.29, 0.717) is 23.1 Å². The van der Waals surface area contributed by atoms with Crippen molar-refractivity contribution >= 4 is 0 Å². The third-order valence-corrected chi connectivity index (χ3v) is 3.94. The first-order valence-corrected chi connectivity index (χ1v) is 6.85. The molecule has 0 radical (unpaired) electrons. The Morgan fingerprint density at radius 3 is 2.85 bits per heavy atom. The molecule has 0 amide bonds. The van der Waals surface area contributed by atoms with Gasteiger partial charge in [-0.25, -0.2) is 9.37 Å². The number of nitriles is 1. The van der Waals surface area contributed by atoms with Crippen LogP contribution in [0.15, 0.2) is 24.4 Å². The SMILES string of the molecule is Cc1cn([C@@H](C)C2CC2)c(-c2ccc(F)cc2C#N)n1. The van der Waals surface area contributed by atoms with Crippen LogP contribution in [0.5, 0.6) is 0 Å². The molecule has 1 aliphatic rings. The van der Waals surface area contributed by atoms with Gasteiger partial charge in [0.2, 0.25) is 0 Å². The summed E-state index contributed by atoms with van der Waals surface area (Å²) in [4.78, 5) is 4.54. The van der Waals surface area contributed by atoms with Crippen molar-refractivity contribution in [2.75, 3.05) is 0 Å². The van der Waals surface area contributed by atoms with Crippen molar-refractivity contribution < 1.29 is 4.39 Å². The van der Waals surface area contributed by atoms with E-state index >= 15 is 0 Å². The molecule has 0 N–H and O–H groups in total. The normalized spacial score (nSPS) is 15.9. The lowest BCUT2D eigenvalue weighted by Gasteiger charge is -2.16. The van der Waals surface area contributed by atoms with Crippen molar-refractivity contribution in [2.24, 2.45) is 5.92 Å². The Labute approximate surface area is 117 Å². The van der Waals surface area contributed by atoms with Gasteiger partial charge >= 0.3 is 0 Å². The van der Waals surface area contributed by atoms with Gasteiger partial charge in [-0.05, 0) is 50.8 Å². The van der Waals surface area contributed by atoms with Crippen LogP contribution in [0.2, 0.25) is 0 Å². The fourth-order valence-corrected chi connectivity index (χ4v) is 2.64. The average Bonchev–Trinajstić information content (AvgIpc) is 3.21. The van der Waals surface area contributed by atoms with E-state index in [1.54, 1.807) is 6.07 Å². The molecule has 1 heterocycles. The van der Waals surface area contributed by atoms with E-state index in [9.17, 15) is 9.65 Å². The number of imidazole rings is 1. The van der Waals surface area contributed by atoms with Crippen LogP contribution in [0.3, 0.4) is 0 Å². The molecule has 102 valence electrons. The van der Waals surface area contributed by atoms with Crippen LogP contribution in [0.1, 0.15) is 37.1 Å². The molecule has 1 aromatic carbocycles. The molecule has 0 saturated heterocycles. The lowest BCUT2D eigenvalue weighted by atomic mass is 10.1. The summed E-state index contributed by atoms with van der Waals surface area (Å²) in [5, 5.41) is 9.21. The maximum Gasteiger partial charge on any atom is 0.141 e. The molecule has 1 atom stereocenters. The van der Waals surface area contributed by atoms with Crippen molar-refractivity contribution in [3.05, 3.63) is 41.5 Å². The molecule has 4 heteroatoms. The van der Waals surface area contributed by atoms with Crippen LogP contribution >= 0.6 is 0 Å². The van der Waals surface area contributed by atoms with Gasteiger partial charge in [-0.3, -0.25) is 0 Å². The quantitative estimate of drug-likeness (QED) is 0.849. The fourth-order valence-electron chi connectivity index (χ4n) is 2.64. The Balaban J connectivity index is 2.12. The molecule has 0 aliphatic heterocycles. The Morgan fingerprint density at radius 2 is 2.20 bits per heavy atom. The van der Waals surface area contributed by atoms with Gasteiger partial charge in [0, 0.05) is 17.8 Å². The lowest BCUT2D eigenvalue weighted by molar-refractivity contribution is 0.489. The van der Waals surface area contributed by atoms with E-state index in [0.717, 1.165) is 11.5 Å². The molecule has 1 aromatic heterocycles. The topological polar surface area (TPSA) is 41.6 Å². The number of aromatic nitrogens is 2. The highest BCUT2D eigenvalue weighted by Crippen LogP contribution is 2.41. The predicted octanol–water partition coefficient (Wildman–Crippen LogP) is 3.84. The van der Waals surface area contributed by atoms with Crippen LogP contribution in [0.4, 0.5) is 4.39 Å². The predicted molar refractivity (Wildman–Crippen MR) is 74.5 cm³/mol. The second-order valence-electron chi connectivity index (χ2n) is 5.49. The Bertz CT molecular complexity index is 692. The van der Waals surface area contributed by atoms with E-state index in [-0.39, 0.29) is 0 Å². The zero-order chi connectivity index (χ0) is 14.3. The van der Waals surface area contributed by atoms with Crippen molar-refractivity contribution in [2.45, 2.75) is 32.7 Å². The largest absolute Gasteiger partial charge is 0.328 e. The van der Waals surface area contributed by atoms with E-state index < -0.39 is 5.82 Å². The van der Waals surface area contributed by atoms with E-state index in [4.69, 9.17) is 0 Å². The molecule has 0 unspecified atom stereocenters. The summed E-state index contributed by atoms with van der Waals surface area (Å²) >= 11 is 0. The summed E-state index contributed by atoms with van der Waals surface area (Å²) in [6, 6.07) is 6.72. The van der Waals surface area contributed by atoms with Crippen LogP contribution in [-0.2, 0) is 0 Å². The summed E-state index contributed by atoms with van der Waals surface area (Å²) in [5.74, 6) is 1.06. The van der Waals surface area contributed by atoms with Gasteiger partial charge in [0.15, 0.2) is 0 Å². The second kappa shape index (κ2) is 4.75. The number of benzene rings is 1. The smallest absolute Gasteiger partial charge is 0.141 e. The summed E-state index contributed by atoms with van der Waals surface area (Å²) in [5.41, 5.74) is 1.95. The molecule has 3 nitrogen and oxygen atoms in total. The van der Waals surface area contributed by atoms with Gasteiger partial charge in [-0.15, -0.1) is 0 Å². The monoisotopic (exact) mass is 269 g/mol. The molecule has 3 rings (SSSR count). The Hall–Kier alpha value is -2.15. The number of hydrogen-bond acceptors (Lipinski definition) is 2. The first-order chi connectivity index (χ1) is 9.60. The first kappa shape index (κ1) is 12.9. The van der Waals surface area contributed by atoms with Gasteiger partial charge < -0.3 is 4.57 Å². The first-order valence-electron chi connectivity index (χ1n) is 6.85. The second-order valence-corrected chi connectivity index (χ2v) is 5.49. The summed E-state index contributed by atoms with van der Waals surface area (Å²) < 4.78 is 15.4. The molecule has 0 spiro atoms. The zero-order valence-electron chi connectivity index (χ0n) is 11.6. The minimum Gasteiger partial charge on any atom is -0.328 e. The standard InChI is InChI=1S/C16H16FN3/c1-10-9-20(11(2)12-3-4-12)16(19-10)15-6-5-14(17)7-13(15)8-18/h5-7,9,11-12H,3-4H2,1-2H3/t11-/m0/s1. The maximum absolute atomic E-state index is 13.3. The number of rotatable bonds is 3. The zero-order valence-corrected chi connectivity index (χ0v) is 11.6. The van der Waals surface area contributed by atoms with Crippen LogP contribution in [-0.4, -0.2) is 9.55 Å². The van der Waals surface area contributed by atoms with Crippen molar-refractivity contribution in [1.82, 2.24) is 9.55 Å². The van der Waals surface area contributed by atoms with Crippen molar-refractivity contribution in [1.29, 1.82) is 5.26 Å².